The van der Waals surface area contributed by atoms with Gasteiger partial charge >= 0.3 is 5.97 Å². The summed E-state index contributed by atoms with van der Waals surface area (Å²) in [4.78, 5) is 11.6. The van der Waals surface area contributed by atoms with Crippen LogP contribution in [0.15, 0.2) is 12.2 Å². The van der Waals surface area contributed by atoms with Gasteiger partial charge in [0.2, 0.25) is 0 Å². The van der Waals surface area contributed by atoms with Crippen LogP contribution in [0.25, 0.3) is 0 Å². The van der Waals surface area contributed by atoms with Crippen LogP contribution in [0.2, 0.25) is 0 Å². The number of rotatable bonds is 18. The highest BCUT2D eigenvalue weighted by atomic mass is 16.5. The third-order valence-corrected chi connectivity index (χ3v) is 4.69. The molecular weight excluding hydrogens is 308 g/mol. The number of esters is 1. The molecule has 2 heteroatoms. The molecular formula is C23H44O2. The predicted octanol–water partition coefficient (Wildman–Crippen LogP) is 7.76. The Hall–Kier alpha value is -0.790. The van der Waals surface area contributed by atoms with Gasteiger partial charge < -0.3 is 4.74 Å². The molecule has 0 saturated heterocycles. The van der Waals surface area contributed by atoms with E-state index < -0.39 is 0 Å². The number of allylic oxidation sites excluding steroid dienone is 2. The second-order valence-corrected chi connectivity index (χ2v) is 7.42. The van der Waals surface area contributed by atoms with Gasteiger partial charge in [0.15, 0.2) is 0 Å². The SMILES string of the molecule is CCCC/C=C\CCCCCCCCC[C@@H](C)OC(=O)CCCCC. The molecule has 0 bridgehead atoms. The maximum Gasteiger partial charge on any atom is 0.306 e. The Morgan fingerprint density at radius 1 is 0.760 bits per heavy atom. The minimum Gasteiger partial charge on any atom is -0.463 e. The van der Waals surface area contributed by atoms with Crippen molar-refractivity contribution in [2.24, 2.45) is 0 Å². The van der Waals surface area contributed by atoms with Gasteiger partial charge in [-0.15, -0.1) is 0 Å². The van der Waals surface area contributed by atoms with Crippen molar-refractivity contribution in [3.63, 3.8) is 0 Å². The molecule has 0 rings (SSSR count). The summed E-state index contributed by atoms with van der Waals surface area (Å²) in [6.07, 6.45) is 24.0. The van der Waals surface area contributed by atoms with Crippen LogP contribution in [0.4, 0.5) is 0 Å². The molecule has 0 unspecified atom stereocenters. The Morgan fingerprint density at radius 3 is 1.96 bits per heavy atom. The third kappa shape index (κ3) is 19.4. The van der Waals surface area contributed by atoms with Crippen molar-refractivity contribution in [1.82, 2.24) is 0 Å². The molecule has 0 N–H and O–H groups in total. The number of unbranched alkanes of at least 4 members (excludes halogenated alkanes) is 11. The lowest BCUT2D eigenvalue weighted by atomic mass is 10.1. The van der Waals surface area contributed by atoms with Crippen LogP contribution in [0.1, 0.15) is 124 Å². The Morgan fingerprint density at radius 2 is 1.32 bits per heavy atom. The van der Waals surface area contributed by atoms with Crippen LogP contribution in [0.3, 0.4) is 0 Å². The number of hydrogen-bond donors (Lipinski definition) is 0. The van der Waals surface area contributed by atoms with E-state index in [1.807, 2.05) is 6.92 Å². The van der Waals surface area contributed by atoms with Crippen LogP contribution in [0, 0.1) is 0 Å². The van der Waals surface area contributed by atoms with E-state index in [1.54, 1.807) is 0 Å². The zero-order chi connectivity index (χ0) is 18.6. The van der Waals surface area contributed by atoms with Gasteiger partial charge in [0.05, 0.1) is 6.10 Å². The van der Waals surface area contributed by atoms with Crippen LogP contribution >= 0.6 is 0 Å². The Labute approximate surface area is 157 Å². The standard InChI is InChI=1S/C23H44O2/c1-4-6-8-9-10-11-12-13-14-15-16-17-19-20-22(3)25-23(24)21-18-7-5-2/h9-10,22H,4-8,11-21H2,1-3H3/b10-9-/t22-/m1/s1. The average Bonchev–Trinajstić information content (AvgIpc) is 2.59. The number of carbonyl (C=O) groups excluding carboxylic acids is 1. The quantitative estimate of drug-likeness (QED) is 0.143. The smallest absolute Gasteiger partial charge is 0.306 e. The Balaban J connectivity index is 3.29. The number of carbonyl (C=O) groups is 1. The lowest BCUT2D eigenvalue weighted by Gasteiger charge is -2.13. The second-order valence-electron chi connectivity index (χ2n) is 7.42. The van der Waals surface area contributed by atoms with Gasteiger partial charge in [-0.25, -0.2) is 0 Å². The van der Waals surface area contributed by atoms with Crippen LogP contribution in [-0.4, -0.2) is 12.1 Å². The number of hydrogen-bond acceptors (Lipinski definition) is 2. The van der Waals surface area contributed by atoms with E-state index in [0.717, 1.165) is 25.7 Å². The first-order chi connectivity index (χ1) is 12.2. The van der Waals surface area contributed by atoms with Crippen LogP contribution in [0.5, 0.6) is 0 Å². The van der Waals surface area contributed by atoms with E-state index in [4.69, 9.17) is 4.74 Å². The molecule has 1 atom stereocenters. The monoisotopic (exact) mass is 352 g/mol. The fraction of sp³-hybridized carbons (Fsp3) is 0.870. The maximum absolute atomic E-state index is 11.6. The fourth-order valence-electron chi connectivity index (χ4n) is 3.00. The first-order valence-electron chi connectivity index (χ1n) is 11.0. The van der Waals surface area contributed by atoms with E-state index in [-0.39, 0.29) is 12.1 Å². The highest BCUT2D eigenvalue weighted by Gasteiger charge is 2.08. The number of ether oxygens (including phenoxy) is 1. The molecule has 0 amide bonds. The van der Waals surface area contributed by atoms with Crippen molar-refractivity contribution >= 4 is 5.97 Å². The van der Waals surface area contributed by atoms with E-state index in [0.29, 0.717) is 6.42 Å². The largest absolute Gasteiger partial charge is 0.463 e. The molecule has 0 saturated carbocycles. The van der Waals surface area contributed by atoms with Crippen LogP contribution < -0.4 is 0 Å². The summed E-state index contributed by atoms with van der Waals surface area (Å²) in [5, 5.41) is 0. The first kappa shape index (κ1) is 24.2. The van der Waals surface area contributed by atoms with Crippen molar-refractivity contribution in [2.45, 2.75) is 130 Å². The topological polar surface area (TPSA) is 26.3 Å². The molecule has 0 fully saturated rings. The summed E-state index contributed by atoms with van der Waals surface area (Å²) in [6.45, 7) is 6.43. The Bertz CT molecular complexity index is 309. The Kier molecular flexibility index (Phi) is 18.9. The van der Waals surface area contributed by atoms with Crippen molar-refractivity contribution in [3.8, 4) is 0 Å². The molecule has 148 valence electrons. The third-order valence-electron chi connectivity index (χ3n) is 4.69. The van der Waals surface area contributed by atoms with Crippen molar-refractivity contribution in [1.29, 1.82) is 0 Å². The average molecular weight is 353 g/mol. The zero-order valence-corrected chi connectivity index (χ0v) is 17.4. The molecule has 0 radical (unpaired) electrons. The lowest BCUT2D eigenvalue weighted by molar-refractivity contribution is -0.148. The highest BCUT2D eigenvalue weighted by Crippen LogP contribution is 2.13. The minimum atomic E-state index is -0.00954. The van der Waals surface area contributed by atoms with Gasteiger partial charge in [-0.2, -0.15) is 0 Å². The molecule has 0 spiro atoms. The normalized spacial score (nSPS) is 12.6. The first-order valence-corrected chi connectivity index (χ1v) is 11.0. The van der Waals surface area contributed by atoms with Gasteiger partial charge in [-0.3, -0.25) is 4.79 Å². The van der Waals surface area contributed by atoms with Crippen molar-refractivity contribution < 1.29 is 9.53 Å². The summed E-state index contributed by atoms with van der Waals surface area (Å²) in [6, 6.07) is 0. The molecule has 0 aliphatic carbocycles. The van der Waals surface area contributed by atoms with E-state index in [1.165, 1.54) is 70.6 Å². The molecule has 0 aliphatic heterocycles. The molecule has 2 nitrogen and oxygen atoms in total. The van der Waals surface area contributed by atoms with Gasteiger partial charge in [0.1, 0.15) is 0 Å². The summed E-state index contributed by atoms with van der Waals surface area (Å²) >= 11 is 0. The molecule has 0 aliphatic rings. The van der Waals surface area contributed by atoms with E-state index >= 15 is 0 Å². The molecule has 0 aromatic heterocycles. The summed E-state index contributed by atoms with van der Waals surface area (Å²) < 4.78 is 5.46. The molecule has 0 aromatic rings. The summed E-state index contributed by atoms with van der Waals surface area (Å²) in [5.41, 5.74) is 0. The predicted molar refractivity (Wildman–Crippen MR) is 110 cm³/mol. The summed E-state index contributed by atoms with van der Waals surface area (Å²) in [5.74, 6) is -0.00954. The van der Waals surface area contributed by atoms with Gasteiger partial charge in [-0.05, 0) is 45.4 Å². The summed E-state index contributed by atoms with van der Waals surface area (Å²) in [7, 11) is 0. The second kappa shape index (κ2) is 19.5. The van der Waals surface area contributed by atoms with Crippen molar-refractivity contribution in [3.05, 3.63) is 12.2 Å². The molecule has 0 heterocycles. The van der Waals surface area contributed by atoms with Gasteiger partial charge in [-0.1, -0.05) is 83.8 Å². The van der Waals surface area contributed by atoms with Gasteiger partial charge in [0, 0.05) is 6.42 Å². The molecule has 0 aromatic carbocycles. The lowest BCUT2D eigenvalue weighted by Crippen LogP contribution is -2.14. The van der Waals surface area contributed by atoms with Crippen molar-refractivity contribution in [2.75, 3.05) is 0 Å². The maximum atomic E-state index is 11.6. The minimum absolute atomic E-state index is 0.00954. The zero-order valence-electron chi connectivity index (χ0n) is 17.4. The van der Waals surface area contributed by atoms with E-state index in [2.05, 4.69) is 26.0 Å². The van der Waals surface area contributed by atoms with Crippen LogP contribution in [-0.2, 0) is 9.53 Å². The molecule has 25 heavy (non-hydrogen) atoms. The van der Waals surface area contributed by atoms with Gasteiger partial charge in [0.25, 0.3) is 0 Å². The highest BCUT2D eigenvalue weighted by molar-refractivity contribution is 5.69. The van der Waals surface area contributed by atoms with E-state index in [9.17, 15) is 4.79 Å². The fourth-order valence-corrected chi connectivity index (χ4v) is 3.00.